The summed E-state index contributed by atoms with van der Waals surface area (Å²) in [7, 11) is 0. The predicted octanol–water partition coefficient (Wildman–Crippen LogP) is 3.09. The van der Waals surface area contributed by atoms with Gasteiger partial charge >= 0.3 is 5.97 Å². The number of carboxylic acids is 1. The Bertz CT molecular complexity index is 456. The van der Waals surface area contributed by atoms with Crippen molar-refractivity contribution in [1.29, 1.82) is 0 Å². The number of aliphatic carboxylic acids is 1. The minimum absolute atomic E-state index is 0.0254. The summed E-state index contributed by atoms with van der Waals surface area (Å²) >= 11 is 1.75. The van der Waals surface area contributed by atoms with E-state index < -0.39 is 5.97 Å². The van der Waals surface area contributed by atoms with Gasteiger partial charge in [0.25, 0.3) is 0 Å². The molecule has 1 aromatic heterocycles. The van der Waals surface area contributed by atoms with Crippen molar-refractivity contribution in [2.45, 2.75) is 52.5 Å². The van der Waals surface area contributed by atoms with Crippen LogP contribution in [0.4, 0.5) is 0 Å². The number of carbonyl (C=O) groups excluding carboxylic acids is 1. The lowest BCUT2D eigenvalue weighted by Crippen LogP contribution is -2.41. The average Bonchev–Trinajstić information content (AvgIpc) is 2.80. The number of nitrogens with zero attached hydrogens (tertiary/aromatic N) is 1. The van der Waals surface area contributed by atoms with Gasteiger partial charge in [0.15, 0.2) is 0 Å². The lowest BCUT2D eigenvalue weighted by atomic mass is 10.1. The Balaban J connectivity index is 2.47. The normalized spacial score (nSPS) is 12.2. The Kier molecular flexibility index (Phi) is 6.71. The zero-order valence-corrected chi connectivity index (χ0v) is 13.2. The summed E-state index contributed by atoms with van der Waals surface area (Å²) in [5, 5.41) is 8.89. The van der Waals surface area contributed by atoms with Crippen molar-refractivity contribution in [1.82, 2.24) is 4.90 Å². The molecule has 1 atom stereocenters. The Morgan fingerprint density at radius 3 is 2.60 bits per heavy atom. The zero-order chi connectivity index (χ0) is 15.1. The Morgan fingerprint density at radius 1 is 1.40 bits per heavy atom. The van der Waals surface area contributed by atoms with Gasteiger partial charge in [0.05, 0.1) is 0 Å². The van der Waals surface area contributed by atoms with Crippen molar-refractivity contribution >= 4 is 23.2 Å². The molecule has 0 aliphatic rings. The molecule has 0 spiro atoms. The van der Waals surface area contributed by atoms with Crippen molar-refractivity contribution in [2.75, 3.05) is 6.54 Å². The molecule has 4 nitrogen and oxygen atoms in total. The number of thiophene rings is 1. The third kappa shape index (κ3) is 5.33. The molecular weight excluding hydrogens is 274 g/mol. The van der Waals surface area contributed by atoms with Gasteiger partial charge in [-0.3, -0.25) is 9.59 Å². The molecule has 1 unspecified atom stereocenters. The standard InChI is InChI=1S/C15H23NO3S/c1-4-11(2)16(10-15(18)19)14(17)7-5-6-13-9-8-12(3)20-13/h8-9,11H,4-7,10H2,1-3H3,(H,18,19). The van der Waals surface area contributed by atoms with Gasteiger partial charge in [0.2, 0.25) is 5.91 Å². The van der Waals surface area contributed by atoms with Crippen LogP contribution < -0.4 is 0 Å². The molecule has 1 amide bonds. The highest BCUT2D eigenvalue weighted by atomic mass is 32.1. The largest absolute Gasteiger partial charge is 0.480 e. The number of carbonyl (C=O) groups is 2. The molecule has 1 rings (SSSR count). The van der Waals surface area contributed by atoms with Gasteiger partial charge in [0, 0.05) is 22.2 Å². The van der Waals surface area contributed by atoms with E-state index >= 15 is 0 Å². The number of hydrogen-bond donors (Lipinski definition) is 1. The smallest absolute Gasteiger partial charge is 0.323 e. The van der Waals surface area contributed by atoms with Crippen molar-refractivity contribution in [3.63, 3.8) is 0 Å². The second-order valence-electron chi connectivity index (χ2n) is 5.04. The van der Waals surface area contributed by atoms with Crippen LogP contribution in [-0.4, -0.2) is 34.5 Å². The van der Waals surface area contributed by atoms with Gasteiger partial charge in [-0.2, -0.15) is 0 Å². The molecule has 0 radical (unpaired) electrons. The number of rotatable bonds is 8. The van der Waals surface area contributed by atoms with E-state index in [1.165, 1.54) is 14.7 Å². The minimum Gasteiger partial charge on any atom is -0.480 e. The topological polar surface area (TPSA) is 57.6 Å². The van der Waals surface area contributed by atoms with Gasteiger partial charge in [0.1, 0.15) is 6.54 Å². The van der Waals surface area contributed by atoms with Gasteiger partial charge in [-0.15, -0.1) is 11.3 Å². The van der Waals surface area contributed by atoms with Crippen LogP contribution in [0, 0.1) is 6.92 Å². The van der Waals surface area contributed by atoms with Crippen molar-refractivity contribution in [3.05, 3.63) is 21.9 Å². The molecule has 0 bridgehead atoms. The number of carboxylic acid groups (broad SMARTS) is 1. The molecular formula is C15H23NO3S. The van der Waals surface area contributed by atoms with Crippen LogP contribution in [0.2, 0.25) is 0 Å². The number of amides is 1. The van der Waals surface area contributed by atoms with Crippen molar-refractivity contribution < 1.29 is 14.7 Å². The molecule has 0 saturated carbocycles. The summed E-state index contributed by atoms with van der Waals surface area (Å²) in [6.45, 7) is 5.72. The molecule has 0 saturated heterocycles. The van der Waals surface area contributed by atoms with Crippen LogP contribution in [0.1, 0.15) is 42.9 Å². The van der Waals surface area contributed by atoms with Gasteiger partial charge in [-0.1, -0.05) is 6.92 Å². The first-order chi connectivity index (χ1) is 9.43. The molecule has 1 N–H and O–H groups in total. The molecule has 0 aromatic carbocycles. The molecule has 5 heteroatoms. The van der Waals surface area contributed by atoms with Crippen LogP contribution in [0.5, 0.6) is 0 Å². The summed E-state index contributed by atoms with van der Waals surface area (Å²) in [5.41, 5.74) is 0. The van der Waals surface area contributed by atoms with Crippen LogP contribution >= 0.6 is 11.3 Å². The third-order valence-electron chi connectivity index (χ3n) is 3.36. The van der Waals surface area contributed by atoms with Crippen molar-refractivity contribution in [2.24, 2.45) is 0 Å². The summed E-state index contributed by atoms with van der Waals surface area (Å²) in [5.74, 6) is -1.01. The maximum atomic E-state index is 12.1. The second kappa shape index (κ2) is 8.04. The third-order valence-corrected chi connectivity index (χ3v) is 4.42. The number of hydrogen-bond acceptors (Lipinski definition) is 3. The zero-order valence-electron chi connectivity index (χ0n) is 12.4. The van der Waals surface area contributed by atoms with E-state index in [4.69, 9.17) is 5.11 Å². The van der Waals surface area contributed by atoms with E-state index in [0.29, 0.717) is 6.42 Å². The van der Waals surface area contributed by atoms with Crippen LogP contribution in [0.15, 0.2) is 12.1 Å². The lowest BCUT2D eigenvalue weighted by Gasteiger charge is -2.27. The van der Waals surface area contributed by atoms with Crippen LogP contribution in [0.25, 0.3) is 0 Å². The fraction of sp³-hybridized carbons (Fsp3) is 0.600. The predicted molar refractivity (Wildman–Crippen MR) is 81.1 cm³/mol. The average molecular weight is 297 g/mol. The molecule has 0 aliphatic carbocycles. The Labute approximate surface area is 124 Å². The van der Waals surface area contributed by atoms with Crippen molar-refractivity contribution in [3.8, 4) is 0 Å². The fourth-order valence-electron chi connectivity index (χ4n) is 2.03. The van der Waals surface area contributed by atoms with Gasteiger partial charge in [-0.25, -0.2) is 0 Å². The molecule has 112 valence electrons. The summed E-state index contributed by atoms with van der Waals surface area (Å²) < 4.78 is 0. The van der Waals surface area contributed by atoms with E-state index in [9.17, 15) is 9.59 Å². The van der Waals surface area contributed by atoms with Crippen LogP contribution in [-0.2, 0) is 16.0 Å². The van der Waals surface area contributed by atoms with E-state index in [2.05, 4.69) is 19.1 Å². The van der Waals surface area contributed by atoms with E-state index in [-0.39, 0.29) is 18.5 Å². The molecule has 1 aromatic rings. The van der Waals surface area contributed by atoms with E-state index in [0.717, 1.165) is 19.3 Å². The highest BCUT2D eigenvalue weighted by Gasteiger charge is 2.20. The Hall–Kier alpha value is -1.36. The van der Waals surface area contributed by atoms with E-state index in [1.54, 1.807) is 11.3 Å². The van der Waals surface area contributed by atoms with Crippen LogP contribution in [0.3, 0.4) is 0 Å². The quantitative estimate of drug-likeness (QED) is 0.802. The second-order valence-corrected chi connectivity index (χ2v) is 6.41. The maximum Gasteiger partial charge on any atom is 0.323 e. The first-order valence-corrected chi connectivity index (χ1v) is 7.82. The summed E-state index contributed by atoms with van der Waals surface area (Å²) in [6.07, 6.45) is 2.83. The van der Waals surface area contributed by atoms with Gasteiger partial charge < -0.3 is 10.0 Å². The fourth-order valence-corrected chi connectivity index (χ4v) is 2.96. The summed E-state index contributed by atoms with van der Waals surface area (Å²) in [4.78, 5) is 27.0. The minimum atomic E-state index is -0.951. The van der Waals surface area contributed by atoms with Gasteiger partial charge in [-0.05, 0) is 45.2 Å². The monoisotopic (exact) mass is 297 g/mol. The summed E-state index contributed by atoms with van der Waals surface area (Å²) in [6, 6.07) is 4.15. The molecule has 1 heterocycles. The van der Waals surface area contributed by atoms with E-state index in [1.807, 2.05) is 13.8 Å². The SMILES string of the molecule is CCC(C)N(CC(=O)O)C(=O)CCCc1ccc(C)s1. The highest BCUT2D eigenvalue weighted by molar-refractivity contribution is 7.11. The highest BCUT2D eigenvalue weighted by Crippen LogP contribution is 2.18. The molecule has 20 heavy (non-hydrogen) atoms. The first-order valence-electron chi connectivity index (χ1n) is 7.00. The first kappa shape index (κ1) is 16.7. The molecule has 0 aliphatic heterocycles. The lowest BCUT2D eigenvalue weighted by molar-refractivity contribution is -0.146. The maximum absolute atomic E-state index is 12.1. The Morgan fingerprint density at radius 2 is 2.10 bits per heavy atom. The molecule has 0 fully saturated rings. The number of aryl methyl sites for hydroxylation is 2.